The predicted molar refractivity (Wildman–Crippen MR) is 54.3 cm³/mol. The van der Waals surface area contributed by atoms with Gasteiger partial charge in [0.15, 0.2) is 17.2 Å². The van der Waals surface area contributed by atoms with Crippen molar-refractivity contribution in [2.45, 2.75) is 32.4 Å². The number of hydrogen-bond acceptors (Lipinski definition) is 3. The van der Waals surface area contributed by atoms with E-state index < -0.39 is 21.7 Å². The lowest BCUT2D eigenvalue weighted by Crippen LogP contribution is -2.20. The van der Waals surface area contributed by atoms with Crippen LogP contribution in [-0.2, 0) is 24.7 Å². The van der Waals surface area contributed by atoms with E-state index in [1.54, 1.807) is 27.7 Å². The molecule has 0 aromatic heterocycles. The van der Waals surface area contributed by atoms with Crippen molar-refractivity contribution in [3.8, 4) is 0 Å². The molecule has 13 heavy (non-hydrogen) atoms. The van der Waals surface area contributed by atoms with Crippen LogP contribution in [0.15, 0.2) is 4.40 Å². The van der Waals surface area contributed by atoms with E-state index in [4.69, 9.17) is 0 Å². The molecule has 0 aromatic rings. The second-order valence-electron chi connectivity index (χ2n) is 3.44. The molecule has 0 aliphatic heterocycles. The van der Waals surface area contributed by atoms with Gasteiger partial charge in [0.1, 0.15) is 4.75 Å². The van der Waals surface area contributed by atoms with Crippen LogP contribution in [0, 0.1) is 0 Å². The summed E-state index contributed by atoms with van der Waals surface area (Å²) in [7, 11) is -1.75. The summed E-state index contributed by atoms with van der Waals surface area (Å²) < 4.78 is 19.1. The van der Waals surface area contributed by atoms with E-state index in [0.717, 1.165) is 6.21 Å². The lowest BCUT2D eigenvalue weighted by atomic mass is 10.3. The highest BCUT2D eigenvalue weighted by atomic mass is 32.2. The van der Waals surface area contributed by atoms with Crippen molar-refractivity contribution in [2.75, 3.05) is 6.61 Å². The average Bonchev–Trinajstić information content (AvgIpc) is 1.99. The Bertz CT molecular complexity index is 230. The van der Waals surface area contributed by atoms with Crippen LogP contribution in [0.5, 0.6) is 0 Å². The Balaban J connectivity index is 4.13. The van der Waals surface area contributed by atoms with Gasteiger partial charge in [-0.2, -0.15) is 0 Å². The number of ether oxygens (including phenoxy) is 1. The monoisotopic (exact) mass is 206 g/mol. The van der Waals surface area contributed by atoms with Crippen molar-refractivity contribution in [3.05, 3.63) is 0 Å². The van der Waals surface area contributed by atoms with Crippen molar-refractivity contribution in [2.24, 2.45) is 4.40 Å². The maximum absolute atomic E-state index is 11.3. The standard InChI is InChI=1S/C8H15NO3S/c1-5-12-7(10)6-9-13(11)8(2,3)4/h6H,5H2,1-4H3/p+1/b9-6+. The third-order valence-electron chi connectivity index (χ3n) is 1.13. The Morgan fingerprint density at radius 3 is 2.46 bits per heavy atom. The zero-order valence-corrected chi connectivity index (χ0v) is 9.30. The first-order valence-electron chi connectivity index (χ1n) is 4.06. The molecule has 76 valence electrons. The van der Waals surface area contributed by atoms with Crippen molar-refractivity contribution in [1.82, 2.24) is 0 Å². The summed E-state index contributed by atoms with van der Waals surface area (Å²) in [6.07, 6.45) is 0.980. The topological polar surface area (TPSA) is 55.7 Å². The third-order valence-corrected chi connectivity index (χ3v) is 2.60. The van der Waals surface area contributed by atoms with E-state index in [9.17, 15) is 9.00 Å². The fraction of sp³-hybridized carbons (Fsp3) is 0.750. The molecule has 0 fully saturated rings. The Morgan fingerprint density at radius 1 is 1.54 bits per heavy atom. The summed E-state index contributed by atoms with van der Waals surface area (Å²) in [6.45, 7) is 7.41. The molecule has 0 bridgehead atoms. The van der Waals surface area contributed by atoms with Gasteiger partial charge in [0, 0.05) is 0 Å². The van der Waals surface area contributed by atoms with Crippen LogP contribution in [0.2, 0.25) is 0 Å². The summed E-state index contributed by atoms with van der Waals surface area (Å²) in [5.74, 6) is -0.546. The summed E-state index contributed by atoms with van der Waals surface area (Å²) in [5, 5.41) is 0. The SMILES string of the molecule is CCOC(=O)/C=N/[SH+](=O)C(C)(C)C. The number of hydrogen-bond donors (Lipinski definition) is 0. The molecule has 1 atom stereocenters. The van der Waals surface area contributed by atoms with Crippen LogP contribution in [0.4, 0.5) is 0 Å². The van der Waals surface area contributed by atoms with Gasteiger partial charge in [-0.3, -0.25) is 0 Å². The summed E-state index contributed by atoms with van der Waals surface area (Å²) in [5.41, 5.74) is 0. The lowest BCUT2D eigenvalue weighted by Gasteiger charge is -2.05. The smallest absolute Gasteiger partial charge is 0.353 e. The molecule has 0 saturated carbocycles. The van der Waals surface area contributed by atoms with E-state index in [-0.39, 0.29) is 0 Å². The van der Waals surface area contributed by atoms with Gasteiger partial charge in [-0.25, -0.2) is 4.79 Å². The number of carbonyl (C=O) groups excluding carboxylic acids is 1. The van der Waals surface area contributed by atoms with Crippen LogP contribution in [0.1, 0.15) is 27.7 Å². The van der Waals surface area contributed by atoms with E-state index >= 15 is 0 Å². The first-order chi connectivity index (χ1) is 5.88. The summed E-state index contributed by atoms with van der Waals surface area (Å²) >= 11 is 0. The van der Waals surface area contributed by atoms with Crippen LogP contribution in [0.3, 0.4) is 0 Å². The van der Waals surface area contributed by atoms with E-state index in [2.05, 4.69) is 9.13 Å². The Kier molecular flexibility index (Phi) is 4.83. The van der Waals surface area contributed by atoms with Gasteiger partial charge < -0.3 is 4.74 Å². The minimum Gasteiger partial charge on any atom is -0.462 e. The van der Waals surface area contributed by atoms with Crippen molar-refractivity contribution < 1.29 is 13.7 Å². The largest absolute Gasteiger partial charge is 0.462 e. The highest BCUT2D eigenvalue weighted by Crippen LogP contribution is 2.11. The molecule has 0 aromatic carbocycles. The third kappa shape index (κ3) is 5.52. The highest BCUT2D eigenvalue weighted by Gasteiger charge is 2.25. The molecule has 5 heteroatoms. The van der Waals surface area contributed by atoms with Crippen LogP contribution < -0.4 is 0 Å². The first-order valence-corrected chi connectivity index (χ1v) is 5.27. The lowest BCUT2D eigenvalue weighted by molar-refractivity contribution is -0.134. The van der Waals surface area contributed by atoms with Gasteiger partial charge in [-0.15, -0.1) is 0 Å². The molecule has 4 nitrogen and oxygen atoms in total. The number of nitrogens with zero attached hydrogens (tertiary/aromatic N) is 1. The Morgan fingerprint density at radius 2 is 2.08 bits per heavy atom. The van der Waals surface area contributed by atoms with Gasteiger partial charge in [-0.05, 0) is 27.7 Å². The minimum atomic E-state index is -1.75. The fourth-order valence-electron chi connectivity index (χ4n) is 0.452. The molecule has 0 aliphatic carbocycles. The molecule has 0 radical (unpaired) electrons. The van der Waals surface area contributed by atoms with Crippen LogP contribution in [0.25, 0.3) is 0 Å². The van der Waals surface area contributed by atoms with E-state index in [0.29, 0.717) is 6.61 Å². The van der Waals surface area contributed by atoms with Crippen LogP contribution >= 0.6 is 0 Å². The van der Waals surface area contributed by atoms with E-state index in [1.165, 1.54) is 0 Å². The molecule has 0 saturated heterocycles. The fourth-order valence-corrected chi connectivity index (χ4v) is 0.998. The second-order valence-corrected chi connectivity index (χ2v) is 5.56. The van der Waals surface area contributed by atoms with Crippen LogP contribution in [-0.4, -0.2) is 23.5 Å². The summed E-state index contributed by atoms with van der Waals surface area (Å²) in [4.78, 5) is 10.8. The number of carbonyl (C=O) groups is 1. The minimum absolute atomic E-state index is 0.303. The van der Waals surface area contributed by atoms with Crippen molar-refractivity contribution in [3.63, 3.8) is 0 Å². The maximum Gasteiger partial charge on any atom is 0.353 e. The van der Waals surface area contributed by atoms with Crippen molar-refractivity contribution in [1.29, 1.82) is 0 Å². The molecule has 1 unspecified atom stereocenters. The molecular formula is C8H16NO3S+. The average molecular weight is 206 g/mol. The second kappa shape index (κ2) is 5.11. The van der Waals surface area contributed by atoms with E-state index in [1.807, 2.05) is 0 Å². The Hall–Kier alpha value is -0.710. The first kappa shape index (κ1) is 12.3. The van der Waals surface area contributed by atoms with Crippen molar-refractivity contribution >= 4 is 23.2 Å². The molecule has 0 heterocycles. The van der Waals surface area contributed by atoms with Gasteiger partial charge in [0.25, 0.3) is 0 Å². The normalized spacial score (nSPS) is 14.5. The van der Waals surface area contributed by atoms with Gasteiger partial charge in [0.2, 0.25) is 0 Å². The molecule has 0 spiro atoms. The van der Waals surface area contributed by atoms with Gasteiger partial charge in [0.05, 0.1) is 6.61 Å². The predicted octanol–water partition coefficient (Wildman–Crippen LogP) is 1.03. The number of esters is 1. The van der Waals surface area contributed by atoms with Gasteiger partial charge >= 0.3 is 5.97 Å². The quantitative estimate of drug-likeness (QED) is 0.300. The van der Waals surface area contributed by atoms with Gasteiger partial charge in [-0.1, -0.05) is 8.61 Å². The molecule has 0 rings (SSSR count). The molecule has 0 amide bonds. The molecule has 0 aliphatic rings. The number of thiol groups is 1. The zero-order valence-electron chi connectivity index (χ0n) is 8.40. The number of rotatable bonds is 3. The maximum atomic E-state index is 11.3. The zero-order chi connectivity index (χ0) is 10.5. The molecule has 0 N–H and O–H groups in total. The highest BCUT2D eigenvalue weighted by molar-refractivity contribution is 7.85. The summed E-state index contributed by atoms with van der Waals surface area (Å²) in [6, 6.07) is 0. The molecular weight excluding hydrogens is 190 g/mol. The Labute approximate surface area is 81.0 Å².